The van der Waals surface area contributed by atoms with Gasteiger partial charge >= 0.3 is 0 Å². The Bertz CT molecular complexity index is 1040. The van der Waals surface area contributed by atoms with Gasteiger partial charge in [-0.3, -0.25) is 14.2 Å². The molecule has 27 heavy (non-hydrogen) atoms. The number of nitrogens with one attached hydrogen (secondary N) is 1. The standard InChI is InChI=1S/C18H17BrN4O3S/c19-12-1-2-15(22-4-6-26-7-5-22)14(9-12)21-16(24)10-23-11-20-17-13(18(23)25)3-8-27-17/h1-3,8-9,11H,4-7,10H2,(H,21,24). The lowest BCUT2D eigenvalue weighted by atomic mass is 10.2. The summed E-state index contributed by atoms with van der Waals surface area (Å²) in [6.45, 7) is 2.76. The third-order valence-corrected chi connectivity index (χ3v) is 5.66. The second-order valence-corrected chi connectivity index (χ2v) is 7.94. The third-order valence-electron chi connectivity index (χ3n) is 4.35. The van der Waals surface area contributed by atoms with Gasteiger partial charge in [0.15, 0.2) is 0 Å². The molecule has 0 bridgehead atoms. The molecule has 4 rings (SSSR count). The lowest BCUT2D eigenvalue weighted by Gasteiger charge is -2.30. The monoisotopic (exact) mass is 448 g/mol. The molecule has 2 aromatic heterocycles. The molecular formula is C18H17BrN4O3S. The fraction of sp³-hybridized carbons (Fsp3) is 0.278. The van der Waals surface area contributed by atoms with Crippen LogP contribution in [0.15, 0.2) is 45.2 Å². The van der Waals surface area contributed by atoms with Crippen molar-refractivity contribution in [1.82, 2.24) is 9.55 Å². The van der Waals surface area contributed by atoms with Crippen LogP contribution in [0.3, 0.4) is 0 Å². The quantitative estimate of drug-likeness (QED) is 0.663. The SMILES string of the molecule is O=C(Cn1cnc2sccc2c1=O)Nc1cc(Br)ccc1N1CCOCC1. The summed E-state index contributed by atoms with van der Waals surface area (Å²) in [5.41, 5.74) is 1.43. The summed E-state index contributed by atoms with van der Waals surface area (Å²) in [6, 6.07) is 7.51. The largest absolute Gasteiger partial charge is 0.378 e. The first-order chi connectivity index (χ1) is 13.1. The predicted octanol–water partition coefficient (Wildman–Crippen LogP) is 2.70. The fourth-order valence-corrected chi connectivity index (χ4v) is 4.12. The lowest BCUT2D eigenvalue weighted by Crippen LogP contribution is -2.37. The van der Waals surface area contributed by atoms with Gasteiger partial charge in [0.05, 0.1) is 36.3 Å². The highest BCUT2D eigenvalue weighted by Gasteiger charge is 2.17. The molecule has 9 heteroatoms. The predicted molar refractivity (Wildman–Crippen MR) is 110 cm³/mol. The minimum atomic E-state index is -0.277. The molecule has 0 radical (unpaired) electrons. The van der Waals surface area contributed by atoms with Crippen molar-refractivity contribution in [2.45, 2.75) is 6.54 Å². The molecule has 140 valence electrons. The number of fused-ring (bicyclic) bond motifs is 1. The summed E-state index contributed by atoms with van der Waals surface area (Å²) in [5.74, 6) is -0.277. The smallest absolute Gasteiger partial charge is 0.262 e. The Hall–Kier alpha value is -2.23. The van der Waals surface area contributed by atoms with E-state index in [2.05, 4.69) is 31.1 Å². The van der Waals surface area contributed by atoms with Crippen LogP contribution in [-0.4, -0.2) is 41.8 Å². The number of hydrogen-bond acceptors (Lipinski definition) is 6. The summed E-state index contributed by atoms with van der Waals surface area (Å²) in [5, 5.41) is 5.28. The van der Waals surface area contributed by atoms with Gasteiger partial charge in [0, 0.05) is 17.6 Å². The zero-order valence-corrected chi connectivity index (χ0v) is 16.8. The summed E-state index contributed by atoms with van der Waals surface area (Å²) in [4.78, 5) is 32.2. The Morgan fingerprint density at radius 3 is 2.93 bits per heavy atom. The molecule has 1 aliphatic rings. The average Bonchev–Trinajstić information content (AvgIpc) is 3.14. The van der Waals surface area contributed by atoms with E-state index < -0.39 is 0 Å². The number of carbonyl (C=O) groups excluding carboxylic acids is 1. The molecule has 7 nitrogen and oxygen atoms in total. The van der Waals surface area contributed by atoms with Crippen molar-refractivity contribution < 1.29 is 9.53 Å². The van der Waals surface area contributed by atoms with Crippen LogP contribution >= 0.6 is 27.3 Å². The lowest BCUT2D eigenvalue weighted by molar-refractivity contribution is -0.116. The molecule has 0 atom stereocenters. The van der Waals surface area contributed by atoms with E-state index in [4.69, 9.17) is 4.74 Å². The molecule has 1 aromatic carbocycles. The number of amides is 1. The molecule has 1 amide bonds. The van der Waals surface area contributed by atoms with E-state index in [9.17, 15) is 9.59 Å². The van der Waals surface area contributed by atoms with Gasteiger partial charge in [0.2, 0.25) is 5.91 Å². The second kappa shape index (κ2) is 7.79. The van der Waals surface area contributed by atoms with Crippen molar-refractivity contribution in [3.8, 4) is 0 Å². The van der Waals surface area contributed by atoms with Gasteiger partial charge < -0.3 is 15.0 Å². The fourth-order valence-electron chi connectivity index (χ4n) is 3.04. The Labute approximate surface area is 167 Å². The molecule has 0 spiro atoms. The summed E-state index contributed by atoms with van der Waals surface area (Å²) < 4.78 is 7.60. The van der Waals surface area contributed by atoms with Crippen LogP contribution in [0.1, 0.15) is 0 Å². The van der Waals surface area contributed by atoms with Crippen LogP contribution in [0.25, 0.3) is 10.2 Å². The first kappa shape index (κ1) is 18.1. The molecule has 0 saturated carbocycles. The van der Waals surface area contributed by atoms with E-state index in [-0.39, 0.29) is 18.0 Å². The normalized spacial score (nSPS) is 14.5. The summed E-state index contributed by atoms with van der Waals surface area (Å²) >= 11 is 4.86. The minimum Gasteiger partial charge on any atom is -0.378 e. The molecule has 1 saturated heterocycles. The summed E-state index contributed by atoms with van der Waals surface area (Å²) in [6.07, 6.45) is 1.42. The van der Waals surface area contributed by atoms with E-state index in [1.54, 1.807) is 6.07 Å². The van der Waals surface area contributed by atoms with Gasteiger partial charge in [-0.05, 0) is 29.6 Å². The Morgan fingerprint density at radius 2 is 2.11 bits per heavy atom. The van der Waals surface area contributed by atoms with Gasteiger partial charge in [0.1, 0.15) is 11.4 Å². The van der Waals surface area contributed by atoms with Crippen molar-refractivity contribution in [3.63, 3.8) is 0 Å². The zero-order valence-electron chi connectivity index (χ0n) is 14.4. The van der Waals surface area contributed by atoms with Gasteiger partial charge in [-0.15, -0.1) is 11.3 Å². The number of hydrogen-bond donors (Lipinski definition) is 1. The maximum Gasteiger partial charge on any atom is 0.262 e. The highest BCUT2D eigenvalue weighted by Crippen LogP contribution is 2.30. The van der Waals surface area contributed by atoms with Gasteiger partial charge in [-0.2, -0.15) is 0 Å². The molecule has 0 unspecified atom stereocenters. The molecular weight excluding hydrogens is 432 g/mol. The van der Waals surface area contributed by atoms with E-state index in [0.717, 1.165) is 23.2 Å². The molecule has 3 aromatic rings. The van der Waals surface area contributed by atoms with Crippen molar-refractivity contribution in [1.29, 1.82) is 0 Å². The van der Waals surface area contributed by atoms with E-state index in [0.29, 0.717) is 29.1 Å². The number of anilines is 2. The first-order valence-electron chi connectivity index (χ1n) is 8.46. The number of ether oxygens (including phenoxy) is 1. The zero-order chi connectivity index (χ0) is 18.8. The van der Waals surface area contributed by atoms with Crippen LogP contribution < -0.4 is 15.8 Å². The second-order valence-electron chi connectivity index (χ2n) is 6.13. The number of nitrogens with zero attached hydrogens (tertiary/aromatic N) is 3. The first-order valence-corrected chi connectivity index (χ1v) is 10.1. The third kappa shape index (κ3) is 3.90. The maximum atomic E-state index is 12.6. The van der Waals surface area contributed by atoms with E-state index >= 15 is 0 Å². The average molecular weight is 449 g/mol. The van der Waals surface area contributed by atoms with Crippen LogP contribution in [0.5, 0.6) is 0 Å². The van der Waals surface area contributed by atoms with Crippen LogP contribution in [-0.2, 0) is 16.1 Å². The Balaban J connectivity index is 1.56. The number of carbonyl (C=O) groups is 1. The topological polar surface area (TPSA) is 76.5 Å². The number of thiophene rings is 1. The minimum absolute atomic E-state index is 0.0906. The van der Waals surface area contributed by atoms with Crippen LogP contribution in [0, 0.1) is 0 Å². The highest BCUT2D eigenvalue weighted by atomic mass is 79.9. The van der Waals surface area contributed by atoms with Gasteiger partial charge in [0.25, 0.3) is 5.56 Å². The molecule has 1 N–H and O–H groups in total. The van der Waals surface area contributed by atoms with E-state index in [1.807, 2.05) is 23.6 Å². The number of morpholine rings is 1. The number of halogens is 1. The molecule has 0 aliphatic carbocycles. The van der Waals surface area contributed by atoms with Crippen molar-refractivity contribution in [3.05, 3.63) is 50.8 Å². The van der Waals surface area contributed by atoms with Crippen molar-refractivity contribution in [2.24, 2.45) is 0 Å². The summed E-state index contributed by atoms with van der Waals surface area (Å²) in [7, 11) is 0. The maximum absolute atomic E-state index is 12.6. The van der Waals surface area contributed by atoms with Gasteiger partial charge in [-0.25, -0.2) is 4.98 Å². The number of benzene rings is 1. The Kier molecular flexibility index (Phi) is 5.24. The number of aromatic nitrogens is 2. The molecule has 1 fully saturated rings. The van der Waals surface area contributed by atoms with Crippen molar-refractivity contribution >= 4 is 54.8 Å². The van der Waals surface area contributed by atoms with E-state index in [1.165, 1.54) is 22.2 Å². The number of rotatable bonds is 4. The Morgan fingerprint density at radius 1 is 1.30 bits per heavy atom. The molecule has 1 aliphatic heterocycles. The van der Waals surface area contributed by atoms with Crippen LogP contribution in [0.4, 0.5) is 11.4 Å². The highest BCUT2D eigenvalue weighted by molar-refractivity contribution is 9.10. The van der Waals surface area contributed by atoms with Crippen molar-refractivity contribution in [2.75, 3.05) is 36.5 Å². The molecule has 3 heterocycles. The van der Waals surface area contributed by atoms with Gasteiger partial charge in [-0.1, -0.05) is 15.9 Å². The van der Waals surface area contributed by atoms with Crippen LogP contribution in [0.2, 0.25) is 0 Å².